The van der Waals surface area contributed by atoms with E-state index < -0.39 is 20.9 Å². The molecule has 0 amide bonds. The third kappa shape index (κ3) is 4.78. The van der Waals surface area contributed by atoms with E-state index in [0.29, 0.717) is 22.9 Å². The second-order valence-corrected chi connectivity index (χ2v) is 10.4. The fraction of sp³-hybridized carbons (Fsp3) is 0.200. The van der Waals surface area contributed by atoms with Gasteiger partial charge in [0.15, 0.2) is 0 Å². The molecule has 0 fully saturated rings. The van der Waals surface area contributed by atoms with Gasteiger partial charge in [0.25, 0.3) is 5.69 Å². The molecule has 170 valence electrons. The number of hydrogen-bond donors (Lipinski definition) is 0. The summed E-state index contributed by atoms with van der Waals surface area (Å²) < 4.78 is 34.2. The molecule has 0 bridgehead atoms. The van der Waals surface area contributed by atoms with Crippen LogP contribution in [0, 0.1) is 17.0 Å². The number of aryl methyl sites for hydroxylation is 1. The van der Waals surface area contributed by atoms with Crippen LogP contribution in [0.4, 0.5) is 5.69 Å². The van der Waals surface area contributed by atoms with Crippen molar-refractivity contribution in [2.75, 3.05) is 5.33 Å². The van der Waals surface area contributed by atoms with Gasteiger partial charge >= 0.3 is 0 Å². The Balaban J connectivity index is 1.96. The Morgan fingerprint density at radius 2 is 1.64 bits per heavy atom. The van der Waals surface area contributed by atoms with Crippen molar-refractivity contribution in [1.82, 2.24) is 0 Å². The first-order valence-corrected chi connectivity index (χ1v) is 13.0. The fourth-order valence-corrected chi connectivity index (χ4v) is 6.06. The van der Waals surface area contributed by atoms with Gasteiger partial charge in [-0.25, -0.2) is 8.42 Å². The van der Waals surface area contributed by atoms with Crippen molar-refractivity contribution < 1.29 is 18.1 Å². The molecule has 0 spiro atoms. The van der Waals surface area contributed by atoms with Gasteiger partial charge in [0, 0.05) is 23.9 Å². The van der Waals surface area contributed by atoms with E-state index in [9.17, 15) is 18.5 Å². The lowest BCUT2D eigenvalue weighted by Gasteiger charge is -2.34. The zero-order valence-electron chi connectivity index (χ0n) is 17.8. The molecule has 6 nitrogen and oxygen atoms in total. The van der Waals surface area contributed by atoms with E-state index in [2.05, 4.69) is 15.9 Å². The summed E-state index contributed by atoms with van der Waals surface area (Å²) >= 11 is 3.48. The van der Waals surface area contributed by atoms with Crippen molar-refractivity contribution in [3.05, 3.63) is 111 Å². The summed E-state index contributed by atoms with van der Waals surface area (Å²) in [4.78, 5) is 11.0. The highest BCUT2D eigenvalue weighted by atomic mass is 79.9. The first kappa shape index (κ1) is 23.4. The maximum atomic E-state index is 14.0. The largest absolute Gasteiger partial charge is 0.364 e. The van der Waals surface area contributed by atoms with Gasteiger partial charge in [0.1, 0.15) is 6.10 Å². The molecule has 0 aromatic heterocycles. The Hall–Kier alpha value is -2.81. The second kappa shape index (κ2) is 9.59. The molecule has 0 radical (unpaired) electrons. The van der Waals surface area contributed by atoms with E-state index in [1.807, 2.05) is 37.3 Å². The molecule has 0 N–H and O–H groups in total. The standard InChI is InChI=1S/C25H22BrNO5S/c1-17-7-13-22(14-8-17)33(30,31)25-23(18-5-3-2-4-6-18)15-21(16-26)32-24(25)19-9-11-20(12-10-19)27(28)29/h2-14,21,24H,15-16H2,1H3/t21-,24-/m0/s1. The SMILES string of the molecule is Cc1ccc(S(=O)(=O)C2=C(c3ccccc3)C[C@@H](CBr)O[C@H]2c2ccc([N+](=O)[O-])cc2)cc1. The number of ether oxygens (including phenoxy) is 1. The lowest BCUT2D eigenvalue weighted by Crippen LogP contribution is -2.29. The van der Waals surface area contributed by atoms with Crippen molar-refractivity contribution in [2.24, 2.45) is 0 Å². The van der Waals surface area contributed by atoms with Crippen LogP contribution in [0.25, 0.3) is 5.57 Å². The molecular formula is C25H22BrNO5S. The van der Waals surface area contributed by atoms with Crippen LogP contribution < -0.4 is 0 Å². The number of rotatable bonds is 6. The van der Waals surface area contributed by atoms with Gasteiger partial charge in [-0.2, -0.15) is 0 Å². The summed E-state index contributed by atoms with van der Waals surface area (Å²) in [5.41, 5.74) is 2.93. The highest BCUT2D eigenvalue weighted by Gasteiger charge is 2.39. The molecular weight excluding hydrogens is 506 g/mol. The number of non-ortho nitro benzene ring substituents is 1. The second-order valence-electron chi connectivity index (χ2n) is 7.87. The van der Waals surface area contributed by atoms with Crippen molar-refractivity contribution in [3.8, 4) is 0 Å². The van der Waals surface area contributed by atoms with Crippen molar-refractivity contribution in [2.45, 2.75) is 30.4 Å². The number of nitro benzene ring substituents is 1. The summed E-state index contributed by atoms with van der Waals surface area (Å²) in [6.07, 6.45) is -0.750. The van der Waals surface area contributed by atoms with Gasteiger partial charge in [-0.1, -0.05) is 64.0 Å². The molecule has 4 rings (SSSR count). The maximum absolute atomic E-state index is 14.0. The summed E-state index contributed by atoms with van der Waals surface area (Å²) in [6.45, 7) is 1.90. The number of benzene rings is 3. The van der Waals surface area contributed by atoms with Crippen LogP contribution in [0.3, 0.4) is 0 Å². The molecule has 1 aliphatic rings. The van der Waals surface area contributed by atoms with E-state index in [-0.39, 0.29) is 21.6 Å². The number of nitro groups is 1. The van der Waals surface area contributed by atoms with Gasteiger partial charge < -0.3 is 4.74 Å². The van der Waals surface area contributed by atoms with Crippen LogP contribution in [0.5, 0.6) is 0 Å². The summed E-state index contributed by atoms with van der Waals surface area (Å²) in [5, 5.41) is 11.6. The number of nitrogens with zero attached hydrogens (tertiary/aromatic N) is 1. The molecule has 3 aromatic rings. The molecule has 1 aliphatic heterocycles. The van der Waals surface area contributed by atoms with Gasteiger partial charge in [-0.3, -0.25) is 10.1 Å². The number of sulfone groups is 1. The van der Waals surface area contributed by atoms with Crippen molar-refractivity contribution >= 4 is 37.0 Å². The lowest BCUT2D eigenvalue weighted by atomic mass is 9.93. The van der Waals surface area contributed by atoms with E-state index in [0.717, 1.165) is 11.1 Å². The molecule has 0 saturated carbocycles. The van der Waals surface area contributed by atoms with Gasteiger partial charge in [0.2, 0.25) is 9.84 Å². The van der Waals surface area contributed by atoms with Crippen LogP contribution in [0.2, 0.25) is 0 Å². The molecule has 8 heteroatoms. The maximum Gasteiger partial charge on any atom is 0.269 e. The Kier molecular flexibility index (Phi) is 6.78. The third-order valence-corrected chi connectivity index (χ3v) is 8.27. The summed E-state index contributed by atoms with van der Waals surface area (Å²) in [6, 6.07) is 22.0. The van der Waals surface area contributed by atoms with E-state index >= 15 is 0 Å². The highest BCUT2D eigenvalue weighted by Crippen LogP contribution is 2.45. The summed E-state index contributed by atoms with van der Waals surface area (Å²) in [7, 11) is -3.93. The Labute approximate surface area is 201 Å². The van der Waals surface area contributed by atoms with Crippen LogP contribution in [-0.4, -0.2) is 24.8 Å². The number of hydrogen-bond acceptors (Lipinski definition) is 5. The van der Waals surface area contributed by atoms with E-state index in [4.69, 9.17) is 4.74 Å². The predicted molar refractivity (Wildman–Crippen MR) is 131 cm³/mol. The molecule has 0 unspecified atom stereocenters. The minimum absolute atomic E-state index is 0.0678. The quantitative estimate of drug-likeness (QED) is 0.222. The predicted octanol–water partition coefficient (Wildman–Crippen LogP) is 6.01. The van der Waals surface area contributed by atoms with Crippen LogP contribution in [-0.2, 0) is 14.6 Å². The zero-order chi connectivity index (χ0) is 23.6. The first-order valence-electron chi connectivity index (χ1n) is 10.4. The van der Waals surface area contributed by atoms with Crippen LogP contribution in [0.15, 0.2) is 88.7 Å². The van der Waals surface area contributed by atoms with Crippen LogP contribution >= 0.6 is 15.9 Å². The monoisotopic (exact) mass is 527 g/mol. The number of alkyl halides is 1. The molecule has 0 saturated heterocycles. The van der Waals surface area contributed by atoms with Crippen molar-refractivity contribution in [1.29, 1.82) is 0 Å². The third-order valence-electron chi connectivity index (χ3n) is 5.62. The highest BCUT2D eigenvalue weighted by molar-refractivity contribution is 9.09. The Morgan fingerprint density at radius 3 is 2.21 bits per heavy atom. The van der Waals surface area contributed by atoms with Gasteiger partial charge in [-0.05, 0) is 47.9 Å². The first-order chi connectivity index (χ1) is 15.8. The minimum atomic E-state index is -3.93. The molecule has 3 aromatic carbocycles. The minimum Gasteiger partial charge on any atom is -0.364 e. The normalized spacial score (nSPS) is 18.8. The van der Waals surface area contributed by atoms with Crippen LogP contribution in [0.1, 0.15) is 29.2 Å². The molecule has 1 heterocycles. The number of halogens is 1. The van der Waals surface area contributed by atoms with E-state index in [1.54, 1.807) is 36.4 Å². The molecule has 2 atom stereocenters. The average Bonchev–Trinajstić information content (AvgIpc) is 2.84. The fourth-order valence-electron chi connectivity index (χ4n) is 3.93. The van der Waals surface area contributed by atoms with E-state index in [1.165, 1.54) is 12.1 Å². The van der Waals surface area contributed by atoms with Gasteiger partial charge in [0.05, 0.1) is 20.8 Å². The molecule has 33 heavy (non-hydrogen) atoms. The Morgan fingerprint density at radius 1 is 1.00 bits per heavy atom. The smallest absolute Gasteiger partial charge is 0.269 e. The van der Waals surface area contributed by atoms with Crippen molar-refractivity contribution in [3.63, 3.8) is 0 Å². The zero-order valence-corrected chi connectivity index (χ0v) is 20.3. The lowest BCUT2D eigenvalue weighted by molar-refractivity contribution is -0.384. The topological polar surface area (TPSA) is 86.5 Å². The van der Waals surface area contributed by atoms with Gasteiger partial charge in [-0.15, -0.1) is 0 Å². The summed E-state index contributed by atoms with van der Waals surface area (Å²) in [5.74, 6) is 0. The average molecular weight is 528 g/mol. The Bertz CT molecular complexity index is 1290. The molecule has 0 aliphatic carbocycles.